The summed E-state index contributed by atoms with van der Waals surface area (Å²) in [7, 11) is 0. The maximum absolute atomic E-state index is 6.16. The van der Waals surface area contributed by atoms with Gasteiger partial charge >= 0.3 is 0 Å². The Balaban J connectivity index is 1.33. The molecule has 0 amide bonds. The van der Waals surface area contributed by atoms with Crippen molar-refractivity contribution in [3.63, 3.8) is 0 Å². The largest absolute Gasteiger partial charge is 0.375 e. The molecule has 0 aliphatic carbocycles. The molecule has 0 aromatic heterocycles. The van der Waals surface area contributed by atoms with Gasteiger partial charge in [-0.1, -0.05) is 78.9 Å². The van der Waals surface area contributed by atoms with E-state index in [2.05, 4.69) is 83.8 Å². The second-order valence-electron chi connectivity index (χ2n) is 8.81. The van der Waals surface area contributed by atoms with Crippen LogP contribution < -0.4 is 0 Å². The molecule has 0 N–H and O–H groups in total. The van der Waals surface area contributed by atoms with E-state index in [1.54, 1.807) is 0 Å². The summed E-state index contributed by atoms with van der Waals surface area (Å²) in [5, 5.41) is 0. The van der Waals surface area contributed by atoms with Gasteiger partial charge in [-0.05, 0) is 60.0 Å². The first kappa shape index (κ1) is 19.5. The minimum Gasteiger partial charge on any atom is -0.375 e. The van der Waals surface area contributed by atoms with Crippen LogP contribution in [0.2, 0.25) is 0 Å². The maximum atomic E-state index is 6.16. The second-order valence-corrected chi connectivity index (χ2v) is 8.81. The third kappa shape index (κ3) is 3.82. The van der Waals surface area contributed by atoms with Gasteiger partial charge in [0.2, 0.25) is 0 Å². The summed E-state index contributed by atoms with van der Waals surface area (Å²) in [6.45, 7) is 5.00. The SMILES string of the molecule is c1ccc(C2(CCCN3CCc4ccccc4CC3)COCc3ccccc32)cc1. The number of hydrogen-bond acceptors (Lipinski definition) is 2. The van der Waals surface area contributed by atoms with Crippen molar-refractivity contribution in [1.82, 2.24) is 4.90 Å². The van der Waals surface area contributed by atoms with E-state index in [0.29, 0.717) is 0 Å². The van der Waals surface area contributed by atoms with Crippen LogP contribution in [0.25, 0.3) is 0 Å². The topological polar surface area (TPSA) is 12.5 Å². The number of rotatable bonds is 5. The Morgan fingerprint density at radius 1 is 0.733 bits per heavy atom. The molecule has 0 bridgehead atoms. The van der Waals surface area contributed by atoms with E-state index in [4.69, 9.17) is 4.74 Å². The highest BCUT2D eigenvalue weighted by atomic mass is 16.5. The molecule has 0 radical (unpaired) electrons. The highest BCUT2D eigenvalue weighted by Crippen LogP contribution is 2.42. The van der Waals surface area contributed by atoms with Crippen LogP contribution in [-0.2, 0) is 29.6 Å². The van der Waals surface area contributed by atoms with Gasteiger partial charge in [-0.15, -0.1) is 0 Å². The number of benzene rings is 3. The van der Waals surface area contributed by atoms with Crippen LogP contribution in [0.3, 0.4) is 0 Å². The first-order valence-corrected chi connectivity index (χ1v) is 11.4. The zero-order valence-electron chi connectivity index (χ0n) is 17.7. The first-order chi connectivity index (χ1) is 14.9. The maximum Gasteiger partial charge on any atom is 0.0720 e. The lowest BCUT2D eigenvalue weighted by Crippen LogP contribution is -2.39. The predicted octanol–water partition coefficient (Wildman–Crippen LogP) is 5.38. The fourth-order valence-corrected chi connectivity index (χ4v) is 5.42. The average Bonchev–Trinajstić information content (AvgIpc) is 3.02. The standard InChI is InChI=1S/C28H31NO/c1-2-12-26(13-3-1)28(22-30-21-25-11-6-7-14-27(25)28)17-8-18-29-19-15-23-9-4-5-10-24(23)16-20-29/h1-7,9-14H,8,15-22H2. The van der Waals surface area contributed by atoms with E-state index < -0.39 is 0 Å². The molecule has 0 spiro atoms. The average molecular weight is 398 g/mol. The Hall–Kier alpha value is -2.42. The smallest absolute Gasteiger partial charge is 0.0720 e. The van der Waals surface area contributed by atoms with Crippen molar-refractivity contribution in [2.45, 2.75) is 37.7 Å². The minimum atomic E-state index is -0.0368. The molecule has 2 aliphatic heterocycles. The molecule has 0 saturated heterocycles. The van der Waals surface area contributed by atoms with Gasteiger partial charge in [-0.2, -0.15) is 0 Å². The molecule has 1 atom stereocenters. The fourth-order valence-electron chi connectivity index (χ4n) is 5.42. The van der Waals surface area contributed by atoms with Gasteiger partial charge in [0.1, 0.15) is 0 Å². The monoisotopic (exact) mass is 397 g/mol. The Bertz CT molecular complexity index is 956. The molecule has 154 valence electrons. The molecule has 2 aliphatic rings. The summed E-state index contributed by atoms with van der Waals surface area (Å²) in [5.41, 5.74) is 7.24. The van der Waals surface area contributed by atoms with Crippen molar-refractivity contribution < 1.29 is 4.74 Å². The molecule has 1 unspecified atom stereocenters. The Kier molecular flexibility index (Phi) is 5.70. The van der Waals surface area contributed by atoms with Crippen LogP contribution >= 0.6 is 0 Å². The van der Waals surface area contributed by atoms with E-state index in [0.717, 1.165) is 26.2 Å². The van der Waals surface area contributed by atoms with Gasteiger partial charge < -0.3 is 9.64 Å². The molecule has 3 aromatic carbocycles. The Labute approximate surface area is 180 Å². The number of fused-ring (bicyclic) bond motifs is 2. The third-order valence-corrected chi connectivity index (χ3v) is 7.06. The fraction of sp³-hybridized carbons (Fsp3) is 0.357. The normalized spacial score (nSPS) is 21.5. The van der Waals surface area contributed by atoms with E-state index in [-0.39, 0.29) is 5.41 Å². The highest BCUT2D eigenvalue weighted by molar-refractivity contribution is 5.45. The summed E-state index contributed by atoms with van der Waals surface area (Å²) < 4.78 is 6.16. The van der Waals surface area contributed by atoms with Crippen LogP contribution in [0.4, 0.5) is 0 Å². The zero-order valence-corrected chi connectivity index (χ0v) is 17.7. The van der Waals surface area contributed by atoms with E-state index >= 15 is 0 Å². The van der Waals surface area contributed by atoms with Crippen molar-refractivity contribution >= 4 is 0 Å². The number of nitrogens with zero attached hydrogens (tertiary/aromatic N) is 1. The van der Waals surface area contributed by atoms with Crippen LogP contribution in [-0.4, -0.2) is 31.1 Å². The van der Waals surface area contributed by atoms with Gasteiger partial charge in [0, 0.05) is 18.5 Å². The molecule has 30 heavy (non-hydrogen) atoms. The lowest BCUT2D eigenvalue weighted by atomic mass is 9.69. The van der Waals surface area contributed by atoms with Crippen molar-refractivity contribution in [3.8, 4) is 0 Å². The van der Waals surface area contributed by atoms with Crippen molar-refractivity contribution in [1.29, 1.82) is 0 Å². The lowest BCUT2D eigenvalue weighted by molar-refractivity contribution is 0.0601. The van der Waals surface area contributed by atoms with Crippen LogP contribution in [0.1, 0.15) is 40.7 Å². The van der Waals surface area contributed by atoms with Gasteiger partial charge in [-0.3, -0.25) is 0 Å². The van der Waals surface area contributed by atoms with E-state index in [9.17, 15) is 0 Å². The van der Waals surface area contributed by atoms with Gasteiger partial charge in [0.15, 0.2) is 0 Å². The van der Waals surface area contributed by atoms with Crippen molar-refractivity contribution in [2.24, 2.45) is 0 Å². The third-order valence-electron chi connectivity index (χ3n) is 7.06. The van der Waals surface area contributed by atoms with Crippen LogP contribution in [0.5, 0.6) is 0 Å². The molecule has 5 rings (SSSR count). The van der Waals surface area contributed by atoms with Gasteiger partial charge in [-0.25, -0.2) is 0 Å². The molecule has 3 aromatic rings. The van der Waals surface area contributed by atoms with Gasteiger partial charge in [0.25, 0.3) is 0 Å². The molecular weight excluding hydrogens is 366 g/mol. The van der Waals surface area contributed by atoms with Crippen LogP contribution in [0.15, 0.2) is 78.9 Å². The summed E-state index contributed by atoms with van der Waals surface area (Å²) in [5.74, 6) is 0. The van der Waals surface area contributed by atoms with E-state index in [1.165, 1.54) is 60.2 Å². The van der Waals surface area contributed by atoms with Gasteiger partial charge in [0.05, 0.1) is 13.2 Å². The lowest BCUT2D eigenvalue weighted by Gasteiger charge is -2.40. The van der Waals surface area contributed by atoms with Crippen molar-refractivity contribution in [2.75, 3.05) is 26.2 Å². The number of ether oxygens (including phenoxy) is 1. The quantitative estimate of drug-likeness (QED) is 0.573. The summed E-state index contributed by atoms with van der Waals surface area (Å²) in [6, 6.07) is 28.9. The molecule has 0 fully saturated rings. The van der Waals surface area contributed by atoms with E-state index in [1.807, 2.05) is 0 Å². The Morgan fingerprint density at radius 2 is 1.37 bits per heavy atom. The molecule has 2 heteroatoms. The first-order valence-electron chi connectivity index (χ1n) is 11.4. The predicted molar refractivity (Wildman–Crippen MR) is 123 cm³/mol. The highest BCUT2D eigenvalue weighted by Gasteiger charge is 2.38. The second kappa shape index (κ2) is 8.75. The molecular formula is C28H31NO. The molecule has 2 heterocycles. The summed E-state index contributed by atoms with van der Waals surface area (Å²) in [6.07, 6.45) is 4.65. The summed E-state index contributed by atoms with van der Waals surface area (Å²) in [4.78, 5) is 2.66. The number of hydrogen-bond donors (Lipinski definition) is 0. The summed E-state index contributed by atoms with van der Waals surface area (Å²) >= 11 is 0. The van der Waals surface area contributed by atoms with Crippen LogP contribution in [0, 0.1) is 0 Å². The molecule has 0 saturated carbocycles. The molecule has 2 nitrogen and oxygen atoms in total. The Morgan fingerprint density at radius 3 is 2.10 bits per heavy atom. The zero-order chi connectivity index (χ0) is 20.2. The minimum absolute atomic E-state index is 0.0368. The van der Waals surface area contributed by atoms with Crippen molar-refractivity contribution in [3.05, 3.63) is 107 Å².